The fraction of sp³-hybridized carbons (Fsp3) is 0.0714. The molecule has 0 bridgehead atoms. The van der Waals surface area contributed by atoms with E-state index in [0.717, 1.165) is 6.07 Å². The van der Waals surface area contributed by atoms with Crippen molar-refractivity contribution >= 4 is 31.5 Å². The van der Waals surface area contributed by atoms with Crippen molar-refractivity contribution in [3.63, 3.8) is 0 Å². The monoisotopic (exact) mass is 368 g/mol. The number of benzene rings is 2. The van der Waals surface area contributed by atoms with Crippen LogP contribution in [-0.2, 0) is 15.6 Å². The summed E-state index contributed by atoms with van der Waals surface area (Å²) in [6, 6.07) is 9.82. The molecule has 0 unspecified atom stereocenters. The van der Waals surface area contributed by atoms with E-state index < -0.39 is 21.4 Å². The van der Waals surface area contributed by atoms with Crippen LogP contribution in [0.1, 0.15) is 11.1 Å². The van der Waals surface area contributed by atoms with Crippen LogP contribution < -0.4 is 5.73 Å². The van der Waals surface area contributed by atoms with Crippen molar-refractivity contribution < 1.29 is 12.8 Å². The molecule has 108 valence electrons. The molecule has 0 amide bonds. The highest BCUT2D eigenvalue weighted by Gasteiger charge is 2.20. The summed E-state index contributed by atoms with van der Waals surface area (Å²) in [5.41, 5.74) is 5.92. The molecule has 0 aliphatic carbocycles. The van der Waals surface area contributed by atoms with Crippen molar-refractivity contribution in [2.75, 3.05) is 5.73 Å². The summed E-state index contributed by atoms with van der Waals surface area (Å²) in [5, 5.41) is 8.80. The summed E-state index contributed by atoms with van der Waals surface area (Å²) in [7, 11) is -3.80. The second-order valence-corrected chi connectivity index (χ2v) is 7.23. The lowest BCUT2D eigenvalue weighted by atomic mass is 10.1. The van der Waals surface area contributed by atoms with E-state index >= 15 is 0 Å². The third-order valence-electron chi connectivity index (χ3n) is 2.83. The molecule has 0 spiro atoms. The molecule has 2 aromatic rings. The van der Waals surface area contributed by atoms with E-state index in [0.29, 0.717) is 4.47 Å². The van der Waals surface area contributed by atoms with E-state index in [2.05, 4.69) is 15.9 Å². The number of hydrogen-bond acceptors (Lipinski definition) is 4. The minimum atomic E-state index is -3.80. The van der Waals surface area contributed by atoms with E-state index in [1.807, 2.05) is 6.07 Å². The molecule has 2 rings (SSSR count). The largest absolute Gasteiger partial charge is 0.398 e. The van der Waals surface area contributed by atoms with Crippen LogP contribution in [0.4, 0.5) is 10.1 Å². The summed E-state index contributed by atoms with van der Waals surface area (Å²) >= 11 is 3.19. The molecular formula is C14H10BrFN2O2S. The minimum absolute atomic E-state index is 0.0589. The second kappa shape index (κ2) is 5.84. The topological polar surface area (TPSA) is 84.0 Å². The van der Waals surface area contributed by atoms with Gasteiger partial charge in [0.1, 0.15) is 5.82 Å². The van der Waals surface area contributed by atoms with Crippen LogP contribution in [0.15, 0.2) is 45.8 Å². The zero-order valence-electron chi connectivity index (χ0n) is 10.7. The number of nitriles is 1. The van der Waals surface area contributed by atoms with E-state index in [9.17, 15) is 12.8 Å². The van der Waals surface area contributed by atoms with Crippen molar-refractivity contribution in [1.29, 1.82) is 5.26 Å². The summed E-state index contributed by atoms with van der Waals surface area (Å²) in [6.07, 6.45) is 0. The molecule has 2 aromatic carbocycles. The number of anilines is 1. The van der Waals surface area contributed by atoms with Gasteiger partial charge in [-0.05, 0) is 36.4 Å². The van der Waals surface area contributed by atoms with Gasteiger partial charge in [0.25, 0.3) is 0 Å². The predicted octanol–water partition coefficient (Wildman–Crippen LogP) is 3.02. The maximum absolute atomic E-state index is 13.7. The second-order valence-electron chi connectivity index (χ2n) is 4.36. The van der Waals surface area contributed by atoms with Crippen LogP contribution in [0.3, 0.4) is 0 Å². The molecule has 0 fully saturated rings. The lowest BCUT2D eigenvalue weighted by molar-refractivity contribution is 0.587. The predicted molar refractivity (Wildman–Crippen MR) is 80.6 cm³/mol. The highest BCUT2D eigenvalue weighted by molar-refractivity contribution is 9.10. The SMILES string of the molecule is N#Cc1ccc(F)c(CS(=O)(=O)c2ccc(Br)cc2N)c1. The van der Waals surface area contributed by atoms with Crippen molar-refractivity contribution in [2.45, 2.75) is 10.6 Å². The Morgan fingerprint density at radius 3 is 2.57 bits per heavy atom. The zero-order valence-corrected chi connectivity index (χ0v) is 13.1. The number of sulfone groups is 1. The van der Waals surface area contributed by atoms with Gasteiger partial charge in [-0.15, -0.1) is 0 Å². The van der Waals surface area contributed by atoms with Crippen LogP contribution in [0.5, 0.6) is 0 Å². The van der Waals surface area contributed by atoms with Crippen LogP contribution in [-0.4, -0.2) is 8.42 Å². The number of nitrogens with zero attached hydrogens (tertiary/aromatic N) is 1. The highest BCUT2D eigenvalue weighted by atomic mass is 79.9. The van der Waals surface area contributed by atoms with E-state index in [4.69, 9.17) is 11.0 Å². The number of hydrogen-bond donors (Lipinski definition) is 1. The van der Waals surface area contributed by atoms with E-state index in [1.54, 1.807) is 6.07 Å². The van der Waals surface area contributed by atoms with Gasteiger partial charge in [-0.1, -0.05) is 15.9 Å². The quantitative estimate of drug-likeness (QED) is 0.843. The first-order valence-corrected chi connectivity index (χ1v) is 8.24. The van der Waals surface area contributed by atoms with Gasteiger partial charge >= 0.3 is 0 Å². The molecular weight excluding hydrogens is 359 g/mol. The average Bonchev–Trinajstić information content (AvgIpc) is 2.40. The van der Waals surface area contributed by atoms with Crippen molar-refractivity contribution in [3.8, 4) is 6.07 Å². The van der Waals surface area contributed by atoms with Crippen molar-refractivity contribution in [2.24, 2.45) is 0 Å². The smallest absolute Gasteiger partial charge is 0.184 e. The molecule has 0 aromatic heterocycles. The molecule has 0 saturated heterocycles. The first-order chi connectivity index (χ1) is 9.83. The first-order valence-electron chi connectivity index (χ1n) is 5.80. The highest BCUT2D eigenvalue weighted by Crippen LogP contribution is 2.26. The van der Waals surface area contributed by atoms with E-state index in [-0.39, 0.29) is 21.7 Å². The molecule has 4 nitrogen and oxygen atoms in total. The lowest BCUT2D eigenvalue weighted by Crippen LogP contribution is -2.09. The fourth-order valence-electron chi connectivity index (χ4n) is 1.84. The third kappa shape index (κ3) is 3.40. The Morgan fingerprint density at radius 1 is 1.24 bits per heavy atom. The maximum Gasteiger partial charge on any atom is 0.184 e. The molecule has 0 aliphatic heterocycles. The minimum Gasteiger partial charge on any atom is -0.398 e. The summed E-state index contributed by atoms with van der Waals surface area (Å²) in [5.74, 6) is -1.23. The van der Waals surface area contributed by atoms with Crippen LogP contribution in [0, 0.1) is 17.1 Å². The van der Waals surface area contributed by atoms with Crippen LogP contribution >= 0.6 is 15.9 Å². The molecule has 7 heteroatoms. The van der Waals surface area contributed by atoms with Gasteiger partial charge in [0.2, 0.25) is 0 Å². The van der Waals surface area contributed by atoms with E-state index in [1.165, 1.54) is 24.3 Å². The van der Waals surface area contributed by atoms with Gasteiger partial charge in [0.15, 0.2) is 9.84 Å². The number of halogens is 2. The lowest BCUT2D eigenvalue weighted by Gasteiger charge is -2.09. The van der Waals surface area contributed by atoms with Gasteiger partial charge in [-0.25, -0.2) is 12.8 Å². The summed E-state index contributed by atoms with van der Waals surface area (Å²) in [6.45, 7) is 0. The Labute approximate surface area is 130 Å². The first kappa shape index (κ1) is 15.5. The van der Waals surface area contributed by atoms with Gasteiger partial charge < -0.3 is 5.73 Å². The average molecular weight is 369 g/mol. The Morgan fingerprint density at radius 2 is 1.95 bits per heavy atom. The van der Waals surface area contributed by atoms with Crippen LogP contribution in [0.2, 0.25) is 0 Å². The molecule has 0 atom stereocenters. The molecule has 2 N–H and O–H groups in total. The molecule has 0 saturated carbocycles. The van der Waals surface area contributed by atoms with Crippen molar-refractivity contribution in [3.05, 3.63) is 57.8 Å². The van der Waals surface area contributed by atoms with Gasteiger partial charge in [0.05, 0.1) is 28.0 Å². The molecule has 0 aliphatic rings. The summed E-state index contributed by atoms with van der Waals surface area (Å²) in [4.78, 5) is -0.0625. The Bertz CT molecular complexity index is 845. The van der Waals surface area contributed by atoms with Gasteiger partial charge in [0, 0.05) is 10.0 Å². The summed E-state index contributed by atoms with van der Waals surface area (Å²) < 4.78 is 39.0. The number of nitrogens with two attached hydrogens (primary N) is 1. The molecule has 0 radical (unpaired) electrons. The molecule has 21 heavy (non-hydrogen) atoms. The van der Waals surface area contributed by atoms with Crippen LogP contribution in [0.25, 0.3) is 0 Å². The maximum atomic E-state index is 13.7. The van der Waals surface area contributed by atoms with Gasteiger partial charge in [-0.3, -0.25) is 0 Å². The Balaban J connectivity index is 2.45. The number of nitrogen functional groups attached to an aromatic ring is 1. The van der Waals surface area contributed by atoms with Gasteiger partial charge in [-0.2, -0.15) is 5.26 Å². The zero-order chi connectivity index (χ0) is 15.6. The van der Waals surface area contributed by atoms with Crippen molar-refractivity contribution in [1.82, 2.24) is 0 Å². The third-order valence-corrected chi connectivity index (χ3v) is 5.05. The fourth-order valence-corrected chi connectivity index (χ4v) is 3.70. The molecule has 0 heterocycles. The Kier molecular flexibility index (Phi) is 4.30. The standard InChI is InChI=1S/C14H10BrFN2O2S/c15-11-2-4-14(13(18)6-11)21(19,20)8-10-5-9(7-17)1-3-12(10)16/h1-6H,8,18H2. The normalized spacial score (nSPS) is 11.1. The number of rotatable bonds is 3. The Hall–Kier alpha value is -1.91.